The third-order valence-corrected chi connectivity index (χ3v) is 4.29. The van der Waals surface area contributed by atoms with E-state index in [0.717, 1.165) is 11.6 Å². The number of anilines is 1. The van der Waals surface area contributed by atoms with Gasteiger partial charge in [-0.1, -0.05) is 12.1 Å². The van der Waals surface area contributed by atoms with Crippen LogP contribution in [0.4, 0.5) is 19.0 Å². The molecule has 27 heavy (non-hydrogen) atoms. The Bertz CT molecular complexity index is 827. The minimum absolute atomic E-state index is 0.100. The van der Waals surface area contributed by atoms with Crippen LogP contribution in [-0.2, 0) is 11.0 Å². The number of aromatic hydroxyl groups is 1. The van der Waals surface area contributed by atoms with Crippen molar-refractivity contribution in [1.82, 2.24) is 9.88 Å². The average Bonchev–Trinajstić information content (AvgIpc) is 2.67. The first-order chi connectivity index (χ1) is 12.8. The first-order valence-corrected chi connectivity index (χ1v) is 8.38. The maximum atomic E-state index is 13.1. The molecule has 1 aromatic carbocycles. The predicted molar refractivity (Wildman–Crippen MR) is 95.2 cm³/mol. The molecule has 5 nitrogen and oxygen atoms in total. The Labute approximate surface area is 154 Å². The Balaban J connectivity index is 1.62. The number of rotatable bonds is 3. The van der Waals surface area contributed by atoms with Gasteiger partial charge < -0.3 is 14.9 Å². The molecule has 1 aliphatic rings. The van der Waals surface area contributed by atoms with Gasteiger partial charge in [-0.05, 0) is 35.9 Å². The molecule has 0 spiro atoms. The molecule has 1 fully saturated rings. The number of alkyl halides is 3. The van der Waals surface area contributed by atoms with E-state index >= 15 is 0 Å². The second kappa shape index (κ2) is 7.69. The molecule has 0 unspecified atom stereocenters. The van der Waals surface area contributed by atoms with Gasteiger partial charge in [0.2, 0.25) is 5.91 Å². The number of halogens is 3. The lowest BCUT2D eigenvalue weighted by Crippen LogP contribution is -2.49. The Morgan fingerprint density at radius 1 is 1.07 bits per heavy atom. The zero-order valence-corrected chi connectivity index (χ0v) is 14.4. The first kappa shape index (κ1) is 18.8. The summed E-state index contributed by atoms with van der Waals surface area (Å²) in [4.78, 5) is 19.3. The molecule has 0 radical (unpaired) electrons. The fourth-order valence-electron chi connectivity index (χ4n) is 2.87. The number of carbonyl (C=O) groups excluding carboxylic acids is 1. The van der Waals surface area contributed by atoms with E-state index < -0.39 is 11.7 Å². The number of amides is 1. The minimum atomic E-state index is -4.47. The zero-order valence-electron chi connectivity index (χ0n) is 14.4. The van der Waals surface area contributed by atoms with Crippen LogP contribution in [-0.4, -0.2) is 47.1 Å². The first-order valence-electron chi connectivity index (χ1n) is 8.38. The summed E-state index contributed by atoms with van der Waals surface area (Å²) < 4.78 is 39.4. The van der Waals surface area contributed by atoms with Crippen molar-refractivity contribution in [2.75, 3.05) is 31.1 Å². The molecular weight excluding hydrogens is 359 g/mol. The summed E-state index contributed by atoms with van der Waals surface area (Å²) in [5, 5.41) is 9.25. The maximum Gasteiger partial charge on any atom is 0.419 e. The van der Waals surface area contributed by atoms with Crippen LogP contribution in [0, 0.1) is 0 Å². The molecule has 1 aromatic heterocycles. The summed E-state index contributed by atoms with van der Waals surface area (Å²) >= 11 is 0. The van der Waals surface area contributed by atoms with E-state index in [1.165, 1.54) is 30.5 Å². The van der Waals surface area contributed by atoms with Crippen molar-refractivity contribution >= 4 is 17.8 Å². The lowest BCUT2D eigenvalue weighted by atomic mass is 10.2. The Morgan fingerprint density at radius 3 is 2.37 bits per heavy atom. The average molecular weight is 377 g/mol. The number of piperazine rings is 1. The van der Waals surface area contributed by atoms with Crippen LogP contribution >= 0.6 is 0 Å². The van der Waals surface area contributed by atoms with E-state index in [4.69, 9.17) is 0 Å². The molecule has 2 heterocycles. The van der Waals surface area contributed by atoms with Crippen molar-refractivity contribution in [1.29, 1.82) is 0 Å². The van der Waals surface area contributed by atoms with Gasteiger partial charge in [-0.3, -0.25) is 4.79 Å². The molecule has 8 heteroatoms. The highest BCUT2D eigenvalue weighted by Crippen LogP contribution is 2.35. The fourth-order valence-corrected chi connectivity index (χ4v) is 2.87. The van der Waals surface area contributed by atoms with Crippen molar-refractivity contribution in [3.63, 3.8) is 0 Å². The number of benzene rings is 1. The molecule has 1 saturated heterocycles. The highest BCUT2D eigenvalue weighted by Gasteiger charge is 2.36. The van der Waals surface area contributed by atoms with Crippen LogP contribution < -0.4 is 4.90 Å². The van der Waals surface area contributed by atoms with Crippen LogP contribution in [0.15, 0.2) is 48.7 Å². The number of hydrogen-bond donors (Lipinski definition) is 1. The number of hydrogen-bond acceptors (Lipinski definition) is 4. The van der Waals surface area contributed by atoms with Gasteiger partial charge in [-0.15, -0.1) is 0 Å². The molecule has 0 aliphatic carbocycles. The van der Waals surface area contributed by atoms with Gasteiger partial charge in [-0.25, -0.2) is 4.98 Å². The quantitative estimate of drug-likeness (QED) is 0.835. The van der Waals surface area contributed by atoms with Crippen molar-refractivity contribution < 1.29 is 23.1 Å². The van der Waals surface area contributed by atoms with Crippen molar-refractivity contribution in [3.8, 4) is 5.75 Å². The van der Waals surface area contributed by atoms with Gasteiger partial charge in [0.05, 0.1) is 5.56 Å². The molecule has 1 amide bonds. The largest absolute Gasteiger partial charge is 0.508 e. The van der Waals surface area contributed by atoms with E-state index in [1.807, 2.05) is 0 Å². The summed E-state index contributed by atoms with van der Waals surface area (Å²) in [7, 11) is 0. The molecule has 3 rings (SSSR count). The van der Waals surface area contributed by atoms with E-state index in [1.54, 1.807) is 28.0 Å². The van der Waals surface area contributed by atoms with E-state index in [-0.39, 0.29) is 30.6 Å². The minimum Gasteiger partial charge on any atom is -0.508 e. The Morgan fingerprint density at radius 2 is 1.74 bits per heavy atom. The van der Waals surface area contributed by atoms with Crippen molar-refractivity contribution in [3.05, 3.63) is 59.8 Å². The highest BCUT2D eigenvalue weighted by molar-refractivity contribution is 5.92. The number of carbonyl (C=O) groups is 1. The Hall–Kier alpha value is -3.03. The summed E-state index contributed by atoms with van der Waals surface area (Å²) in [5.41, 5.74) is 0.0000862. The van der Waals surface area contributed by atoms with Gasteiger partial charge in [-0.2, -0.15) is 13.2 Å². The van der Waals surface area contributed by atoms with Crippen LogP contribution in [0.1, 0.15) is 11.1 Å². The molecule has 142 valence electrons. The summed E-state index contributed by atoms with van der Waals surface area (Å²) in [6, 6.07) is 8.68. The normalized spacial score (nSPS) is 15.4. The molecule has 1 aliphatic heterocycles. The monoisotopic (exact) mass is 377 g/mol. The lowest BCUT2D eigenvalue weighted by Gasteiger charge is -2.35. The molecule has 0 atom stereocenters. The topological polar surface area (TPSA) is 56.7 Å². The van der Waals surface area contributed by atoms with Gasteiger partial charge in [0.15, 0.2) is 0 Å². The lowest BCUT2D eigenvalue weighted by molar-refractivity contribution is -0.137. The van der Waals surface area contributed by atoms with Gasteiger partial charge >= 0.3 is 6.18 Å². The number of phenolic OH excluding ortho intramolecular Hbond substituents is 1. The van der Waals surface area contributed by atoms with Crippen molar-refractivity contribution in [2.45, 2.75) is 6.18 Å². The Kier molecular flexibility index (Phi) is 5.34. The maximum absolute atomic E-state index is 13.1. The summed E-state index contributed by atoms with van der Waals surface area (Å²) in [5.74, 6) is -0.168. The molecule has 2 aromatic rings. The third kappa shape index (κ3) is 4.58. The summed E-state index contributed by atoms with van der Waals surface area (Å²) in [6.45, 7) is 1.18. The number of phenols is 1. The SMILES string of the molecule is O=C(C=Cc1ccc(O)cc1)N1CCN(c2ncccc2C(F)(F)F)CC1. The molecule has 0 bridgehead atoms. The third-order valence-electron chi connectivity index (χ3n) is 4.29. The van der Waals surface area contributed by atoms with E-state index in [2.05, 4.69) is 4.98 Å². The van der Waals surface area contributed by atoms with Gasteiger partial charge in [0, 0.05) is 38.5 Å². The second-order valence-corrected chi connectivity index (χ2v) is 6.11. The highest BCUT2D eigenvalue weighted by atomic mass is 19.4. The predicted octanol–water partition coefficient (Wildman–Crippen LogP) is 3.17. The van der Waals surface area contributed by atoms with Crippen LogP contribution in [0.25, 0.3) is 6.08 Å². The molecule has 0 saturated carbocycles. The smallest absolute Gasteiger partial charge is 0.419 e. The van der Waals surface area contributed by atoms with Gasteiger partial charge in [0.25, 0.3) is 0 Å². The summed E-state index contributed by atoms with van der Waals surface area (Å²) in [6.07, 6.45) is -0.0789. The number of nitrogens with zero attached hydrogens (tertiary/aromatic N) is 3. The van der Waals surface area contributed by atoms with E-state index in [9.17, 15) is 23.1 Å². The fraction of sp³-hybridized carbons (Fsp3) is 0.263. The number of aromatic nitrogens is 1. The van der Waals surface area contributed by atoms with Gasteiger partial charge in [0.1, 0.15) is 11.6 Å². The standard InChI is InChI=1S/C19H18F3N3O2/c20-19(21,22)16-2-1-9-23-18(16)25-12-10-24(11-13-25)17(27)8-5-14-3-6-15(26)7-4-14/h1-9,26H,10-13H2. The van der Waals surface area contributed by atoms with Crippen LogP contribution in [0.3, 0.4) is 0 Å². The van der Waals surface area contributed by atoms with E-state index in [0.29, 0.717) is 13.1 Å². The van der Waals surface area contributed by atoms with Crippen LogP contribution in [0.2, 0.25) is 0 Å². The van der Waals surface area contributed by atoms with Crippen LogP contribution in [0.5, 0.6) is 5.75 Å². The zero-order chi connectivity index (χ0) is 19.4. The number of pyridine rings is 1. The molecule has 1 N–H and O–H groups in total. The second-order valence-electron chi connectivity index (χ2n) is 6.11. The molecular formula is C19H18F3N3O2. The van der Waals surface area contributed by atoms with Crippen molar-refractivity contribution in [2.24, 2.45) is 0 Å².